The van der Waals surface area contributed by atoms with Gasteiger partial charge in [-0.3, -0.25) is 9.59 Å². The third kappa shape index (κ3) is 4.22. The number of likely N-dealkylation sites (tertiary alicyclic amines) is 1. The summed E-state index contributed by atoms with van der Waals surface area (Å²) >= 11 is 1.66. The lowest BCUT2D eigenvalue weighted by atomic mass is 9.94. The van der Waals surface area contributed by atoms with E-state index in [1.54, 1.807) is 18.4 Å². The summed E-state index contributed by atoms with van der Waals surface area (Å²) in [5.41, 5.74) is 0.885. The minimum absolute atomic E-state index is 0.0367. The van der Waals surface area contributed by atoms with Crippen LogP contribution in [0.3, 0.4) is 0 Å². The van der Waals surface area contributed by atoms with Crippen LogP contribution in [0.1, 0.15) is 30.6 Å². The zero-order valence-electron chi connectivity index (χ0n) is 16.2. The van der Waals surface area contributed by atoms with Crippen LogP contribution in [0.25, 0.3) is 0 Å². The molecule has 5 nitrogen and oxygen atoms in total. The number of thiophene rings is 1. The lowest BCUT2D eigenvalue weighted by Crippen LogP contribution is -2.44. The first kappa shape index (κ1) is 19.0. The van der Waals surface area contributed by atoms with Crippen LogP contribution in [-0.4, -0.2) is 36.9 Å². The molecule has 0 atom stereocenters. The molecule has 2 amide bonds. The summed E-state index contributed by atoms with van der Waals surface area (Å²) in [6.45, 7) is 1.96. The van der Waals surface area contributed by atoms with Gasteiger partial charge in [-0.15, -0.1) is 11.3 Å². The summed E-state index contributed by atoms with van der Waals surface area (Å²) in [4.78, 5) is 30.7. The number of carbonyl (C=O) groups is 2. The van der Waals surface area contributed by atoms with Gasteiger partial charge in [-0.1, -0.05) is 6.07 Å². The minimum atomic E-state index is -0.0367. The Morgan fingerprint density at radius 1 is 1.07 bits per heavy atom. The van der Waals surface area contributed by atoms with E-state index in [9.17, 15) is 9.59 Å². The molecular formula is C22H26N2O3S. The fraction of sp³-hybridized carbons (Fsp3) is 0.455. The number of amides is 2. The highest BCUT2D eigenvalue weighted by molar-refractivity contribution is 7.09. The van der Waals surface area contributed by atoms with Gasteiger partial charge in [0.15, 0.2) is 0 Å². The smallest absolute Gasteiger partial charge is 0.230 e. The number of piperidine rings is 1. The second-order valence-electron chi connectivity index (χ2n) is 7.58. The number of nitrogens with zero attached hydrogens (tertiary/aromatic N) is 2. The van der Waals surface area contributed by atoms with Gasteiger partial charge in [0.05, 0.1) is 13.7 Å². The van der Waals surface area contributed by atoms with Crippen LogP contribution in [0.2, 0.25) is 0 Å². The highest BCUT2D eigenvalue weighted by Gasteiger charge is 2.37. The number of rotatable bonds is 6. The van der Waals surface area contributed by atoms with E-state index in [1.807, 2.05) is 45.5 Å². The van der Waals surface area contributed by atoms with E-state index in [-0.39, 0.29) is 23.7 Å². The number of hydrogen-bond acceptors (Lipinski definition) is 4. The summed E-state index contributed by atoms with van der Waals surface area (Å²) < 4.78 is 5.25. The molecule has 2 aliphatic rings. The van der Waals surface area contributed by atoms with Gasteiger partial charge in [0, 0.05) is 35.5 Å². The van der Waals surface area contributed by atoms with Crippen molar-refractivity contribution in [2.45, 2.75) is 32.2 Å². The second kappa shape index (κ2) is 8.35. The molecule has 0 bridgehead atoms. The first-order valence-electron chi connectivity index (χ1n) is 9.92. The fourth-order valence-corrected chi connectivity index (χ4v) is 4.47. The average molecular weight is 399 g/mol. The topological polar surface area (TPSA) is 49.9 Å². The SMILES string of the molecule is COc1ccc(N(Cc2cccs2)C(=O)C2CCN(C(=O)C3CC3)CC2)cc1. The van der Waals surface area contributed by atoms with Crippen LogP contribution >= 0.6 is 11.3 Å². The predicted molar refractivity (Wildman–Crippen MR) is 111 cm³/mol. The first-order valence-corrected chi connectivity index (χ1v) is 10.8. The Labute approximate surface area is 169 Å². The number of benzene rings is 1. The highest BCUT2D eigenvalue weighted by Crippen LogP contribution is 2.33. The Hall–Kier alpha value is -2.34. The molecule has 6 heteroatoms. The Balaban J connectivity index is 1.47. The predicted octanol–water partition coefficient (Wildman–Crippen LogP) is 3.94. The van der Waals surface area contributed by atoms with Crippen molar-refractivity contribution >= 4 is 28.8 Å². The Bertz CT molecular complexity index is 807. The number of ether oxygens (including phenoxy) is 1. The van der Waals surface area contributed by atoms with Gasteiger partial charge >= 0.3 is 0 Å². The van der Waals surface area contributed by atoms with Gasteiger partial charge in [-0.2, -0.15) is 0 Å². The molecule has 2 fully saturated rings. The van der Waals surface area contributed by atoms with Gasteiger partial charge in [-0.25, -0.2) is 0 Å². The molecule has 1 saturated carbocycles. The summed E-state index contributed by atoms with van der Waals surface area (Å²) in [6, 6.07) is 11.7. The molecule has 1 saturated heterocycles. The number of hydrogen-bond donors (Lipinski definition) is 0. The van der Waals surface area contributed by atoms with Crippen LogP contribution in [0.5, 0.6) is 5.75 Å². The summed E-state index contributed by atoms with van der Waals surface area (Å²) in [6.07, 6.45) is 3.55. The van der Waals surface area contributed by atoms with E-state index in [4.69, 9.17) is 4.74 Å². The lowest BCUT2D eigenvalue weighted by molar-refractivity contribution is -0.136. The van der Waals surface area contributed by atoms with Crippen molar-refractivity contribution in [3.8, 4) is 5.75 Å². The summed E-state index contributed by atoms with van der Waals surface area (Å²) in [5, 5.41) is 2.04. The molecular weight excluding hydrogens is 372 g/mol. The molecule has 1 aliphatic heterocycles. The molecule has 28 heavy (non-hydrogen) atoms. The molecule has 4 rings (SSSR count). The first-order chi connectivity index (χ1) is 13.7. The third-order valence-electron chi connectivity index (χ3n) is 5.63. The second-order valence-corrected chi connectivity index (χ2v) is 8.61. The van der Waals surface area contributed by atoms with Crippen molar-refractivity contribution < 1.29 is 14.3 Å². The maximum atomic E-state index is 13.4. The van der Waals surface area contributed by atoms with E-state index in [2.05, 4.69) is 6.07 Å². The number of carbonyl (C=O) groups excluding carboxylic acids is 2. The largest absolute Gasteiger partial charge is 0.497 e. The van der Waals surface area contributed by atoms with Gasteiger partial charge < -0.3 is 14.5 Å². The van der Waals surface area contributed by atoms with E-state index in [1.165, 1.54) is 0 Å². The van der Waals surface area contributed by atoms with Gasteiger partial charge in [0.2, 0.25) is 11.8 Å². The van der Waals surface area contributed by atoms with E-state index in [0.29, 0.717) is 19.6 Å². The van der Waals surface area contributed by atoms with Crippen LogP contribution in [-0.2, 0) is 16.1 Å². The van der Waals surface area contributed by atoms with Crippen LogP contribution in [0, 0.1) is 11.8 Å². The van der Waals surface area contributed by atoms with Gasteiger partial charge in [-0.05, 0) is 61.4 Å². The molecule has 0 unspecified atom stereocenters. The number of anilines is 1. The summed E-state index contributed by atoms with van der Waals surface area (Å²) in [5.74, 6) is 1.43. The fourth-order valence-electron chi connectivity index (χ4n) is 3.77. The van der Waals surface area contributed by atoms with Crippen molar-refractivity contribution in [2.75, 3.05) is 25.1 Å². The van der Waals surface area contributed by atoms with Crippen molar-refractivity contribution in [3.63, 3.8) is 0 Å². The monoisotopic (exact) mass is 398 g/mol. The molecule has 148 valence electrons. The zero-order chi connectivity index (χ0) is 19.5. The van der Waals surface area contributed by atoms with Crippen molar-refractivity contribution in [1.82, 2.24) is 4.90 Å². The molecule has 1 aromatic carbocycles. The van der Waals surface area contributed by atoms with E-state index >= 15 is 0 Å². The Kier molecular flexibility index (Phi) is 5.67. The van der Waals surface area contributed by atoms with Crippen molar-refractivity contribution in [2.24, 2.45) is 11.8 Å². The Morgan fingerprint density at radius 3 is 2.36 bits per heavy atom. The van der Waals surface area contributed by atoms with Gasteiger partial charge in [0.1, 0.15) is 5.75 Å². The van der Waals surface area contributed by atoms with Gasteiger partial charge in [0.25, 0.3) is 0 Å². The molecule has 2 heterocycles. The quantitative estimate of drug-likeness (QED) is 0.741. The zero-order valence-corrected chi connectivity index (χ0v) is 17.0. The van der Waals surface area contributed by atoms with Crippen LogP contribution < -0.4 is 9.64 Å². The average Bonchev–Trinajstić information content (AvgIpc) is 3.47. The third-order valence-corrected chi connectivity index (χ3v) is 6.49. The normalized spacial score (nSPS) is 17.4. The Morgan fingerprint density at radius 2 is 1.79 bits per heavy atom. The molecule has 1 aromatic heterocycles. The minimum Gasteiger partial charge on any atom is -0.497 e. The van der Waals surface area contributed by atoms with Crippen molar-refractivity contribution in [3.05, 3.63) is 46.7 Å². The number of methoxy groups -OCH3 is 1. The molecule has 0 N–H and O–H groups in total. The van der Waals surface area contributed by atoms with Crippen LogP contribution in [0.4, 0.5) is 5.69 Å². The highest BCUT2D eigenvalue weighted by atomic mass is 32.1. The molecule has 2 aromatic rings. The standard InChI is InChI=1S/C22H26N2O3S/c1-27-19-8-6-18(7-9-19)24(15-20-3-2-14-28-20)22(26)17-10-12-23(13-11-17)21(25)16-4-5-16/h2-3,6-9,14,16-17H,4-5,10-13,15H2,1H3. The molecule has 1 aliphatic carbocycles. The summed E-state index contributed by atoms with van der Waals surface area (Å²) in [7, 11) is 1.64. The molecule has 0 radical (unpaired) electrons. The van der Waals surface area contributed by atoms with E-state index in [0.717, 1.165) is 42.0 Å². The lowest BCUT2D eigenvalue weighted by Gasteiger charge is -2.34. The van der Waals surface area contributed by atoms with Crippen molar-refractivity contribution in [1.29, 1.82) is 0 Å². The maximum absolute atomic E-state index is 13.4. The maximum Gasteiger partial charge on any atom is 0.230 e. The van der Waals surface area contributed by atoms with Crippen LogP contribution in [0.15, 0.2) is 41.8 Å². The molecule has 0 spiro atoms. The van der Waals surface area contributed by atoms with E-state index < -0.39 is 0 Å².